The summed E-state index contributed by atoms with van der Waals surface area (Å²) in [7, 11) is 3.33. The van der Waals surface area contributed by atoms with Gasteiger partial charge in [0, 0.05) is 27.2 Å². The fraction of sp³-hybridized carbons (Fsp3) is 0.333. The molecule has 7 heteroatoms. The van der Waals surface area contributed by atoms with Gasteiger partial charge in [-0.3, -0.25) is 4.79 Å². The van der Waals surface area contributed by atoms with Gasteiger partial charge in [-0.15, -0.1) is 0 Å². The molecular weight excluding hydrogens is 362 g/mol. The largest absolute Gasteiger partial charge is 0.356 e. The number of rotatable bonds is 8. The van der Waals surface area contributed by atoms with Gasteiger partial charge in [0.1, 0.15) is 18.2 Å². The van der Waals surface area contributed by atoms with Gasteiger partial charge in [0.25, 0.3) is 0 Å². The standard InChI is InChI=1S/C21H26F2N4O/c1-27(2)20(28)15-26-21(24-12-10-16-6-4-3-5-7-16)25-13-11-17-14-18(22)8-9-19(17)23/h3-9,14H,10-13,15H2,1-2H3,(H2,24,25,26). The van der Waals surface area contributed by atoms with Crippen LogP contribution in [0.25, 0.3) is 0 Å². The number of benzene rings is 2. The summed E-state index contributed by atoms with van der Waals surface area (Å²) in [5.41, 5.74) is 1.47. The Morgan fingerprint density at radius 3 is 2.36 bits per heavy atom. The SMILES string of the molecule is CN(C)C(=O)CN=C(NCCc1ccccc1)NCCc1cc(F)ccc1F. The zero-order valence-corrected chi connectivity index (χ0v) is 16.2. The van der Waals surface area contributed by atoms with Crippen LogP contribution in [0.15, 0.2) is 53.5 Å². The molecule has 2 N–H and O–H groups in total. The van der Waals surface area contributed by atoms with Crippen molar-refractivity contribution in [3.8, 4) is 0 Å². The van der Waals surface area contributed by atoms with Crippen LogP contribution < -0.4 is 10.6 Å². The van der Waals surface area contributed by atoms with E-state index in [1.165, 1.54) is 16.5 Å². The van der Waals surface area contributed by atoms with Crippen LogP contribution in [-0.4, -0.2) is 50.5 Å². The Morgan fingerprint density at radius 1 is 1.00 bits per heavy atom. The molecule has 0 aromatic heterocycles. The van der Waals surface area contributed by atoms with E-state index in [4.69, 9.17) is 0 Å². The summed E-state index contributed by atoms with van der Waals surface area (Å²) >= 11 is 0. The monoisotopic (exact) mass is 388 g/mol. The van der Waals surface area contributed by atoms with E-state index in [-0.39, 0.29) is 12.5 Å². The molecule has 0 heterocycles. The number of amides is 1. The molecule has 0 unspecified atom stereocenters. The summed E-state index contributed by atoms with van der Waals surface area (Å²) < 4.78 is 27.0. The first kappa shape index (κ1) is 21.3. The number of guanidine groups is 1. The lowest BCUT2D eigenvalue weighted by molar-refractivity contribution is -0.127. The number of nitrogens with one attached hydrogen (secondary N) is 2. The highest BCUT2D eigenvalue weighted by atomic mass is 19.1. The second kappa shape index (κ2) is 11.0. The predicted molar refractivity (Wildman–Crippen MR) is 107 cm³/mol. The summed E-state index contributed by atoms with van der Waals surface area (Å²) in [4.78, 5) is 17.5. The second-order valence-electron chi connectivity index (χ2n) is 6.53. The van der Waals surface area contributed by atoms with Gasteiger partial charge in [-0.25, -0.2) is 13.8 Å². The first-order chi connectivity index (χ1) is 13.5. The maximum absolute atomic E-state index is 13.7. The van der Waals surface area contributed by atoms with E-state index in [2.05, 4.69) is 15.6 Å². The molecule has 0 aliphatic rings. The molecule has 0 fully saturated rings. The molecule has 0 saturated carbocycles. The van der Waals surface area contributed by atoms with Gasteiger partial charge in [0.2, 0.25) is 5.91 Å². The average Bonchev–Trinajstić information content (AvgIpc) is 2.68. The van der Waals surface area contributed by atoms with E-state index < -0.39 is 11.6 Å². The molecule has 28 heavy (non-hydrogen) atoms. The van der Waals surface area contributed by atoms with E-state index in [0.29, 0.717) is 31.0 Å². The lowest BCUT2D eigenvalue weighted by atomic mass is 10.1. The van der Waals surface area contributed by atoms with Gasteiger partial charge in [-0.05, 0) is 42.2 Å². The number of aliphatic imine (C=N–C) groups is 1. The molecule has 0 aliphatic carbocycles. The highest BCUT2D eigenvalue weighted by Crippen LogP contribution is 2.09. The number of nitrogens with zero attached hydrogens (tertiary/aromatic N) is 2. The van der Waals surface area contributed by atoms with Crippen molar-refractivity contribution in [3.05, 3.63) is 71.3 Å². The molecular formula is C21H26F2N4O. The van der Waals surface area contributed by atoms with Crippen LogP contribution in [0.1, 0.15) is 11.1 Å². The Labute approximate surface area is 164 Å². The molecule has 0 radical (unpaired) electrons. The highest BCUT2D eigenvalue weighted by Gasteiger charge is 2.07. The number of likely N-dealkylation sites (N-methyl/N-ethyl adjacent to an activating group) is 1. The molecule has 150 valence electrons. The van der Waals surface area contributed by atoms with E-state index in [9.17, 15) is 13.6 Å². The van der Waals surface area contributed by atoms with Gasteiger partial charge < -0.3 is 15.5 Å². The van der Waals surface area contributed by atoms with Crippen LogP contribution >= 0.6 is 0 Å². The maximum Gasteiger partial charge on any atom is 0.243 e. The summed E-state index contributed by atoms with van der Waals surface area (Å²) in [6, 6.07) is 13.4. The zero-order chi connectivity index (χ0) is 20.4. The normalized spacial score (nSPS) is 11.2. The van der Waals surface area contributed by atoms with Crippen LogP contribution in [-0.2, 0) is 17.6 Å². The Balaban J connectivity index is 1.91. The maximum atomic E-state index is 13.7. The van der Waals surface area contributed by atoms with E-state index >= 15 is 0 Å². The Morgan fingerprint density at radius 2 is 1.68 bits per heavy atom. The minimum Gasteiger partial charge on any atom is -0.356 e. The molecule has 0 aliphatic heterocycles. The Kier molecular flexibility index (Phi) is 8.39. The van der Waals surface area contributed by atoms with E-state index in [0.717, 1.165) is 18.6 Å². The number of carbonyl (C=O) groups excluding carboxylic acids is 1. The minimum atomic E-state index is -0.470. The number of hydrogen-bond acceptors (Lipinski definition) is 2. The lowest BCUT2D eigenvalue weighted by Crippen LogP contribution is -2.40. The summed E-state index contributed by atoms with van der Waals surface area (Å²) in [5, 5.41) is 6.25. The van der Waals surface area contributed by atoms with Gasteiger partial charge >= 0.3 is 0 Å². The minimum absolute atomic E-state index is 0.00198. The molecule has 0 saturated heterocycles. The van der Waals surface area contributed by atoms with Gasteiger partial charge in [0.15, 0.2) is 5.96 Å². The summed E-state index contributed by atoms with van der Waals surface area (Å²) in [6.45, 7) is 0.982. The van der Waals surface area contributed by atoms with Crippen molar-refractivity contribution in [1.82, 2.24) is 15.5 Å². The molecule has 2 aromatic rings. The fourth-order valence-corrected chi connectivity index (χ4v) is 2.48. The number of hydrogen-bond donors (Lipinski definition) is 2. The van der Waals surface area contributed by atoms with Gasteiger partial charge in [-0.2, -0.15) is 0 Å². The van der Waals surface area contributed by atoms with Crippen LogP contribution in [0.2, 0.25) is 0 Å². The van der Waals surface area contributed by atoms with Crippen LogP contribution in [0, 0.1) is 11.6 Å². The molecule has 5 nitrogen and oxygen atoms in total. The van der Waals surface area contributed by atoms with Crippen LogP contribution in [0.3, 0.4) is 0 Å². The summed E-state index contributed by atoms with van der Waals surface area (Å²) in [5.74, 6) is -0.576. The van der Waals surface area contributed by atoms with Gasteiger partial charge in [0.05, 0.1) is 0 Å². The lowest BCUT2D eigenvalue weighted by Gasteiger charge is -2.14. The number of halogens is 2. The van der Waals surface area contributed by atoms with Crippen molar-refractivity contribution in [1.29, 1.82) is 0 Å². The Bertz CT molecular complexity index is 794. The molecule has 2 aromatic carbocycles. The third kappa shape index (κ3) is 7.34. The third-order valence-electron chi connectivity index (χ3n) is 4.11. The van der Waals surface area contributed by atoms with Crippen molar-refractivity contribution in [2.45, 2.75) is 12.8 Å². The predicted octanol–water partition coefficient (Wildman–Crippen LogP) is 2.37. The highest BCUT2D eigenvalue weighted by molar-refractivity contribution is 5.84. The molecule has 1 amide bonds. The van der Waals surface area contributed by atoms with Crippen molar-refractivity contribution in [2.24, 2.45) is 4.99 Å². The fourth-order valence-electron chi connectivity index (χ4n) is 2.48. The smallest absolute Gasteiger partial charge is 0.243 e. The second-order valence-corrected chi connectivity index (χ2v) is 6.53. The molecule has 0 spiro atoms. The van der Waals surface area contributed by atoms with Crippen molar-refractivity contribution in [3.63, 3.8) is 0 Å². The quantitative estimate of drug-likeness (QED) is 0.539. The van der Waals surface area contributed by atoms with Crippen molar-refractivity contribution < 1.29 is 13.6 Å². The van der Waals surface area contributed by atoms with Crippen LogP contribution in [0.5, 0.6) is 0 Å². The third-order valence-corrected chi connectivity index (χ3v) is 4.11. The number of carbonyl (C=O) groups is 1. The first-order valence-electron chi connectivity index (χ1n) is 9.16. The molecule has 2 rings (SSSR count). The van der Waals surface area contributed by atoms with Gasteiger partial charge in [-0.1, -0.05) is 30.3 Å². The van der Waals surface area contributed by atoms with E-state index in [1.54, 1.807) is 14.1 Å². The zero-order valence-electron chi connectivity index (χ0n) is 16.2. The molecule has 0 bridgehead atoms. The summed E-state index contributed by atoms with van der Waals surface area (Å²) in [6.07, 6.45) is 1.09. The van der Waals surface area contributed by atoms with E-state index in [1.807, 2.05) is 30.3 Å². The molecule has 0 atom stereocenters. The first-order valence-corrected chi connectivity index (χ1v) is 9.16. The topological polar surface area (TPSA) is 56.7 Å². The Hall–Kier alpha value is -2.96. The van der Waals surface area contributed by atoms with Crippen LogP contribution in [0.4, 0.5) is 8.78 Å². The van der Waals surface area contributed by atoms with Crippen molar-refractivity contribution in [2.75, 3.05) is 33.7 Å². The van der Waals surface area contributed by atoms with Crippen molar-refractivity contribution >= 4 is 11.9 Å². The average molecular weight is 388 g/mol.